The molecule has 0 spiro atoms. The maximum Gasteiger partial charge on any atom is 0.410 e. The first-order valence-corrected chi connectivity index (χ1v) is 9.00. The van der Waals surface area contributed by atoms with Crippen LogP contribution in [0.1, 0.15) is 39.2 Å². The minimum atomic E-state index is -0.495. The van der Waals surface area contributed by atoms with Crippen molar-refractivity contribution in [2.75, 3.05) is 18.4 Å². The molecule has 1 aliphatic rings. The van der Waals surface area contributed by atoms with Gasteiger partial charge < -0.3 is 15.0 Å². The Balaban J connectivity index is 1.86. The van der Waals surface area contributed by atoms with Gasteiger partial charge >= 0.3 is 6.09 Å². The molecular formula is C18H25BrN2O3. The average molecular weight is 397 g/mol. The van der Waals surface area contributed by atoms with Crippen LogP contribution < -0.4 is 5.32 Å². The molecule has 1 N–H and O–H groups in total. The Morgan fingerprint density at radius 3 is 2.42 bits per heavy atom. The summed E-state index contributed by atoms with van der Waals surface area (Å²) in [5, 5.41) is 2.97. The molecule has 6 heteroatoms. The number of likely N-dealkylation sites (tertiary alicyclic amines) is 1. The van der Waals surface area contributed by atoms with Gasteiger partial charge in [0, 0.05) is 29.2 Å². The molecule has 2 rings (SSSR count). The molecule has 0 bridgehead atoms. The SMILES string of the molecule is Cc1cc(NC(=O)C2CCN(C(=O)OC(C)(C)C)CC2)ccc1Br. The van der Waals surface area contributed by atoms with Crippen molar-refractivity contribution in [3.05, 3.63) is 28.2 Å². The first-order chi connectivity index (χ1) is 11.2. The summed E-state index contributed by atoms with van der Waals surface area (Å²) in [6.45, 7) is 8.64. The Kier molecular flexibility index (Phi) is 5.91. The van der Waals surface area contributed by atoms with Gasteiger partial charge in [-0.25, -0.2) is 4.79 Å². The second kappa shape index (κ2) is 7.55. The smallest absolute Gasteiger partial charge is 0.410 e. The standard InChI is InChI=1S/C18H25BrN2O3/c1-12-11-14(5-6-15(12)19)20-16(22)13-7-9-21(10-8-13)17(23)24-18(2,3)4/h5-6,11,13H,7-10H2,1-4H3,(H,20,22). The van der Waals surface area contributed by atoms with E-state index in [9.17, 15) is 9.59 Å². The number of hydrogen-bond donors (Lipinski definition) is 1. The first-order valence-electron chi connectivity index (χ1n) is 8.20. The van der Waals surface area contributed by atoms with E-state index in [0.29, 0.717) is 25.9 Å². The molecule has 1 fully saturated rings. The topological polar surface area (TPSA) is 58.6 Å². The number of nitrogens with zero attached hydrogens (tertiary/aromatic N) is 1. The van der Waals surface area contributed by atoms with E-state index in [1.54, 1.807) is 4.90 Å². The highest BCUT2D eigenvalue weighted by Crippen LogP contribution is 2.23. The Morgan fingerprint density at radius 2 is 1.88 bits per heavy atom. The fourth-order valence-electron chi connectivity index (χ4n) is 2.62. The highest BCUT2D eigenvalue weighted by Gasteiger charge is 2.29. The number of halogens is 1. The summed E-state index contributed by atoms with van der Waals surface area (Å²) in [6, 6.07) is 5.75. The Bertz CT molecular complexity index is 617. The normalized spacial score (nSPS) is 16.0. The summed E-state index contributed by atoms with van der Waals surface area (Å²) >= 11 is 3.45. The van der Waals surface area contributed by atoms with Crippen LogP contribution in [-0.2, 0) is 9.53 Å². The molecule has 2 amide bonds. The Hall–Kier alpha value is -1.56. The van der Waals surface area contributed by atoms with Gasteiger partial charge in [0.05, 0.1) is 0 Å². The van der Waals surface area contributed by atoms with E-state index in [1.165, 1.54) is 0 Å². The lowest BCUT2D eigenvalue weighted by atomic mass is 9.96. The van der Waals surface area contributed by atoms with Crippen LogP contribution in [0.3, 0.4) is 0 Å². The van der Waals surface area contributed by atoms with Gasteiger partial charge in [0.1, 0.15) is 5.60 Å². The monoisotopic (exact) mass is 396 g/mol. The van der Waals surface area contributed by atoms with Crippen molar-refractivity contribution in [2.45, 2.75) is 46.1 Å². The van der Waals surface area contributed by atoms with E-state index >= 15 is 0 Å². The molecule has 0 aromatic heterocycles. The number of carbonyl (C=O) groups excluding carboxylic acids is 2. The van der Waals surface area contributed by atoms with Gasteiger partial charge in [-0.3, -0.25) is 4.79 Å². The number of rotatable bonds is 2. The maximum atomic E-state index is 12.4. The molecule has 24 heavy (non-hydrogen) atoms. The van der Waals surface area contributed by atoms with Crippen LogP contribution in [0.15, 0.2) is 22.7 Å². The van der Waals surface area contributed by atoms with Crippen LogP contribution in [-0.4, -0.2) is 35.6 Å². The van der Waals surface area contributed by atoms with E-state index in [0.717, 1.165) is 15.7 Å². The lowest BCUT2D eigenvalue weighted by Crippen LogP contribution is -2.43. The summed E-state index contributed by atoms with van der Waals surface area (Å²) in [5.41, 5.74) is 1.38. The highest BCUT2D eigenvalue weighted by atomic mass is 79.9. The fraction of sp³-hybridized carbons (Fsp3) is 0.556. The summed E-state index contributed by atoms with van der Waals surface area (Å²) < 4.78 is 6.39. The van der Waals surface area contributed by atoms with E-state index in [4.69, 9.17) is 4.74 Å². The van der Waals surface area contributed by atoms with E-state index in [1.807, 2.05) is 45.9 Å². The minimum Gasteiger partial charge on any atom is -0.444 e. The molecule has 1 saturated heterocycles. The molecule has 1 heterocycles. The first kappa shape index (κ1) is 18.8. The molecule has 0 saturated carbocycles. The molecule has 1 aromatic carbocycles. The van der Waals surface area contributed by atoms with Gasteiger partial charge in [-0.15, -0.1) is 0 Å². The van der Waals surface area contributed by atoms with Crippen molar-refractivity contribution in [3.63, 3.8) is 0 Å². The number of piperidine rings is 1. The Morgan fingerprint density at radius 1 is 1.25 bits per heavy atom. The molecule has 132 valence electrons. The third-order valence-electron chi connectivity index (χ3n) is 3.94. The third kappa shape index (κ3) is 5.23. The quantitative estimate of drug-likeness (QED) is 0.808. The summed E-state index contributed by atoms with van der Waals surface area (Å²) in [7, 11) is 0. The van der Waals surface area contributed by atoms with Crippen molar-refractivity contribution in [1.29, 1.82) is 0 Å². The molecule has 1 aliphatic heterocycles. The van der Waals surface area contributed by atoms with Crippen LogP contribution in [0.4, 0.5) is 10.5 Å². The number of nitrogens with one attached hydrogen (secondary N) is 1. The number of ether oxygens (including phenoxy) is 1. The van der Waals surface area contributed by atoms with Gasteiger partial charge in [0.2, 0.25) is 5.91 Å². The van der Waals surface area contributed by atoms with Crippen LogP contribution in [0, 0.1) is 12.8 Å². The largest absolute Gasteiger partial charge is 0.444 e. The summed E-state index contributed by atoms with van der Waals surface area (Å²) in [6.07, 6.45) is 1.01. The van der Waals surface area contributed by atoms with Crippen LogP contribution in [0.2, 0.25) is 0 Å². The fourth-order valence-corrected chi connectivity index (χ4v) is 2.86. The van der Waals surface area contributed by atoms with Gasteiger partial charge in [0.15, 0.2) is 0 Å². The second-order valence-electron chi connectivity index (χ2n) is 7.19. The zero-order valence-electron chi connectivity index (χ0n) is 14.7. The predicted octanol–water partition coefficient (Wildman–Crippen LogP) is 4.34. The summed E-state index contributed by atoms with van der Waals surface area (Å²) in [4.78, 5) is 26.1. The van der Waals surface area contributed by atoms with Crippen LogP contribution in [0.25, 0.3) is 0 Å². The van der Waals surface area contributed by atoms with Crippen molar-refractivity contribution < 1.29 is 14.3 Å². The number of hydrogen-bond acceptors (Lipinski definition) is 3. The summed E-state index contributed by atoms with van der Waals surface area (Å²) in [5.74, 6) is -0.0619. The molecule has 0 aliphatic carbocycles. The van der Waals surface area contributed by atoms with Crippen molar-refractivity contribution in [2.24, 2.45) is 5.92 Å². The number of anilines is 1. The van der Waals surface area contributed by atoms with Crippen molar-refractivity contribution >= 4 is 33.6 Å². The molecular weight excluding hydrogens is 372 g/mol. The van der Waals surface area contributed by atoms with E-state index in [2.05, 4.69) is 21.2 Å². The number of aryl methyl sites for hydroxylation is 1. The van der Waals surface area contributed by atoms with Crippen LogP contribution >= 0.6 is 15.9 Å². The van der Waals surface area contributed by atoms with E-state index in [-0.39, 0.29) is 17.9 Å². The van der Waals surface area contributed by atoms with Crippen molar-refractivity contribution in [1.82, 2.24) is 4.90 Å². The lowest BCUT2D eigenvalue weighted by molar-refractivity contribution is -0.121. The minimum absolute atomic E-state index is 0.0144. The molecule has 1 aromatic rings. The second-order valence-corrected chi connectivity index (χ2v) is 8.05. The zero-order chi connectivity index (χ0) is 17.9. The van der Waals surface area contributed by atoms with Gasteiger partial charge in [-0.1, -0.05) is 15.9 Å². The Labute approximate surface area is 151 Å². The number of amides is 2. The third-order valence-corrected chi connectivity index (χ3v) is 4.83. The van der Waals surface area contributed by atoms with Gasteiger partial charge in [0.25, 0.3) is 0 Å². The van der Waals surface area contributed by atoms with Crippen LogP contribution in [0.5, 0.6) is 0 Å². The molecule has 0 unspecified atom stereocenters. The van der Waals surface area contributed by atoms with Gasteiger partial charge in [-0.05, 0) is 64.3 Å². The number of carbonyl (C=O) groups is 2. The lowest BCUT2D eigenvalue weighted by Gasteiger charge is -2.32. The maximum absolute atomic E-state index is 12.4. The van der Waals surface area contributed by atoms with Gasteiger partial charge in [-0.2, -0.15) is 0 Å². The number of benzene rings is 1. The average Bonchev–Trinajstić information content (AvgIpc) is 2.49. The van der Waals surface area contributed by atoms with Crippen molar-refractivity contribution in [3.8, 4) is 0 Å². The predicted molar refractivity (Wildman–Crippen MR) is 98.0 cm³/mol. The zero-order valence-corrected chi connectivity index (χ0v) is 16.3. The van der Waals surface area contributed by atoms with E-state index < -0.39 is 5.60 Å². The highest BCUT2D eigenvalue weighted by molar-refractivity contribution is 9.10. The molecule has 0 radical (unpaired) electrons. The molecule has 5 nitrogen and oxygen atoms in total. The molecule has 0 atom stereocenters.